The highest BCUT2D eigenvalue weighted by atomic mass is 35.5. The van der Waals surface area contributed by atoms with E-state index in [9.17, 15) is 9.50 Å². The molecule has 3 nitrogen and oxygen atoms in total. The Morgan fingerprint density at radius 1 is 1.53 bits per heavy atom. The first kappa shape index (κ1) is 14.4. The molecule has 0 fully saturated rings. The van der Waals surface area contributed by atoms with Gasteiger partial charge >= 0.3 is 0 Å². The average molecular weight is 262 g/mol. The van der Waals surface area contributed by atoms with Crippen molar-refractivity contribution in [2.24, 2.45) is 0 Å². The number of aliphatic hydroxyl groups is 1. The van der Waals surface area contributed by atoms with E-state index in [1.165, 1.54) is 12.1 Å². The Morgan fingerprint density at radius 3 is 2.94 bits per heavy atom. The van der Waals surface area contributed by atoms with Crippen molar-refractivity contribution in [3.8, 4) is 0 Å². The van der Waals surface area contributed by atoms with Crippen molar-refractivity contribution >= 4 is 11.6 Å². The fraction of sp³-hybridized carbons (Fsp3) is 0.500. The number of halogens is 2. The highest BCUT2D eigenvalue weighted by Gasteiger charge is 2.07. The van der Waals surface area contributed by atoms with Gasteiger partial charge in [-0.15, -0.1) is 0 Å². The fourth-order valence-corrected chi connectivity index (χ4v) is 1.57. The first-order chi connectivity index (χ1) is 8.13. The largest absolute Gasteiger partial charge is 0.391 e. The molecule has 0 aliphatic rings. The van der Waals surface area contributed by atoms with Gasteiger partial charge in [-0.3, -0.25) is 0 Å². The van der Waals surface area contributed by atoms with Crippen LogP contribution in [0.4, 0.5) is 4.39 Å². The Labute approximate surface area is 106 Å². The average Bonchev–Trinajstić information content (AvgIpc) is 2.30. The molecule has 1 atom stereocenters. The highest BCUT2D eigenvalue weighted by molar-refractivity contribution is 6.30. The second-order valence-corrected chi connectivity index (χ2v) is 4.21. The Kier molecular flexibility index (Phi) is 6.44. The van der Waals surface area contributed by atoms with Gasteiger partial charge in [0.25, 0.3) is 0 Å². The number of methoxy groups -OCH3 is 1. The molecule has 0 aromatic heterocycles. The van der Waals surface area contributed by atoms with Crippen LogP contribution in [-0.2, 0) is 11.2 Å². The molecule has 0 amide bonds. The van der Waals surface area contributed by atoms with Crippen molar-refractivity contribution in [3.05, 3.63) is 34.6 Å². The van der Waals surface area contributed by atoms with Crippen molar-refractivity contribution < 1.29 is 14.2 Å². The summed E-state index contributed by atoms with van der Waals surface area (Å²) in [7, 11) is 1.62. The molecule has 1 aromatic carbocycles. The first-order valence-electron chi connectivity index (χ1n) is 5.45. The van der Waals surface area contributed by atoms with E-state index in [1.807, 2.05) is 0 Å². The molecule has 0 radical (unpaired) electrons. The first-order valence-corrected chi connectivity index (χ1v) is 5.83. The summed E-state index contributed by atoms with van der Waals surface area (Å²) in [4.78, 5) is 0. The van der Waals surface area contributed by atoms with Gasteiger partial charge in [0.1, 0.15) is 5.82 Å². The maximum atomic E-state index is 13.1. The summed E-state index contributed by atoms with van der Waals surface area (Å²) < 4.78 is 18.0. The molecule has 17 heavy (non-hydrogen) atoms. The minimum absolute atomic E-state index is 0.0986. The van der Waals surface area contributed by atoms with E-state index >= 15 is 0 Å². The van der Waals surface area contributed by atoms with Gasteiger partial charge in [-0.25, -0.2) is 4.39 Å². The van der Waals surface area contributed by atoms with Gasteiger partial charge in [-0.1, -0.05) is 17.7 Å². The smallest absolute Gasteiger partial charge is 0.142 e. The van der Waals surface area contributed by atoms with Crippen molar-refractivity contribution in [1.82, 2.24) is 5.32 Å². The van der Waals surface area contributed by atoms with Crippen LogP contribution in [0.5, 0.6) is 0 Å². The zero-order valence-corrected chi connectivity index (χ0v) is 10.5. The van der Waals surface area contributed by atoms with Crippen LogP contribution in [0, 0.1) is 5.82 Å². The van der Waals surface area contributed by atoms with Gasteiger partial charge in [-0.2, -0.15) is 0 Å². The molecule has 0 aliphatic heterocycles. The van der Waals surface area contributed by atoms with Gasteiger partial charge in [0.15, 0.2) is 0 Å². The maximum absolute atomic E-state index is 13.1. The fourth-order valence-electron chi connectivity index (χ4n) is 1.45. The molecule has 1 aromatic rings. The molecule has 0 spiro atoms. The summed E-state index contributed by atoms with van der Waals surface area (Å²) >= 11 is 5.57. The molecular formula is C12H17ClFNO2. The number of benzene rings is 1. The monoisotopic (exact) mass is 261 g/mol. The lowest BCUT2D eigenvalue weighted by Crippen LogP contribution is -2.30. The number of hydrogen-bond acceptors (Lipinski definition) is 3. The minimum atomic E-state index is -0.549. The molecule has 96 valence electrons. The van der Waals surface area contributed by atoms with Crippen molar-refractivity contribution in [1.29, 1.82) is 0 Å². The number of aliphatic hydroxyl groups excluding tert-OH is 1. The van der Waals surface area contributed by atoms with Crippen LogP contribution in [0.2, 0.25) is 5.02 Å². The molecule has 1 rings (SSSR count). The Bertz CT molecular complexity index is 349. The lowest BCUT2D eigenvalue weighted by atomic mass is 10.1. The highest BCUT2D eigenvalue weighted by Crippen LogP contribution is 2.16. The molecule has 0 bridgehead atoms. The summed E-state index contributed by atoms with van der Waals surface area (Å²) in [6.45, 7) is 1.73. The Hall–Kier alpha value is -0.680. The van der Waals surface area contributed by atoms with E-state index in [-0.39, 0.29) is 5.02 Å². The summed E-state index contributed by atoms with van der Waals surface area (Å²) in [5, 5.41) is 12.8. The second-order valence-electron chi connectivity index (χ2n) is 3.80. The van der Waals surface area contributed by atoms with Crippen LogP contribution in [-0.4, -0.2) is 38.0 Å². The van der Waals surface area contributed by atoms with Crippen molar-refractivity contribution in [2.45, 2.75) is 12.5 Å². The molecular weight excluding hydrogens is 245 g/mol. The van der Waals surface area contributed by atoms with Crippen LogP contribution in [0.3, 0.4) is 0 Å². The van der Waals surface area contributed by atoms with Gasteiger partial charge < -0.3 is 15.2 Å². The number of nitrogens with one attached hydrogen (secondary N) is 1. The third kappa shape index (κ3) is 5.46. The molecule has 0 saturated carbocycles. The molecule has 2 N–H and O–H groups in total. The van der Waals surface area contributed by atoms with E-state index in [0.29, 0.717) is 26.1 Å². The predicted octanol–water partition coefficient (Wildman–Crippen LogP) is 1.62. The third-order valence-corrected chi connectivity index (χ3v) is 2.62. The second kappa shape index (κ2) is 7.61. The number of rotatable bonds is 7. The minimum Gasteiger partial charge on any atom is -0.391 e. The lowest BCUT2D eigenvalue weighted by Gasteiger charge is -2.12. The third-order valence-electron chi connectivity index (χ3n) is 2.32. The summed E-state index contributed by atoms with van der Waals surface area (Å²) in [5.41, 5.74) is 0.730. The van der Waals surface area contributed by atoms with E-state index in [2.05, 4.69) is 5.32 Å². The molecule has 0 heterocycles. The normalized spacial score (nSPS) is 12.7. The summed E-state index contributed by atoms with van der Waals surface area (Å²) in [5.74, 6) is -0.455. The van der Waals surface area contributed by atoms with Crippen molar-refractivity contribution in [3.63, 3.8) is 0 Å². The molecule has 0 saturated heterocycles. The number of hydrogen-bond donors (Lipinski definition) is 2. The predicted molar refractivity (Wildman–Crippen MR) is 65.9 cm³/mol. The zero-order chi connectivity index (χ0) is 12.7. The van der Waals surface area contributed by atoms with Crippen LogP contribution in [0.25, 0.3) is 0 Å². The van der Waals surface area contributed by atoms with Gasteiger partial charge in [0, 0.05) is 20.2 Å². The van der Waals surface area contributed by atoms with Gasteiger partial charge in [0.05, 0.1) is 17.7 Å². The van der Waals surface area contributed by atoms with Gasteiger partial charge in [0.2, 0.25) is 0 Å². The topological polar surface area (TPSA) is 41.5 Å². The molecule has 0 aliphatic carbocycles. The molecule has 1 unspecified atom stereocenters. The van der Waals surface area contributed by atoms with E-state index < -0.39 is 11.9 Å². The molecule has 5 heteroatoms. The van der Waals surface area contributed by atoms with Crippen LogP contribution in [0.1, 0.15) is 5.56 Å². The van der Waals surface area contributed by atoms with Crippen LogP contribution < -0.4 is 5.32 Å². The zero-order valence-electron chi connectivity index (χ0n) is 9.75. The van der Waals surface area contributed by atoms with E-state index in [1.54, 1.807) is 13.2 Å². The number of ether oxygens (including phenoxy) is 1. The van der Waals surface area contributed by atoms with E-state index in [0.717, 1.165) is 5.56 Å². The quantitative estimate of drug-likeness (QED) is 0.733. The lowest BCUT2D eigenvalue weighted by molar-refractivity contribution is 0.160. The van der Waals surface area contributed by atoms with E-state index in [4.69, 9.17) is 16.3 Å². The maximum Gasteiger partial charge on any atom is 0.142 e. The van der Waals surface area contributed by atoms with Gasteiger partial charge in [-0.05, 0) is 24.1 Å². The van der Waals surface area contributed by atoms with Crippen LogP contribution in [0.15, 0.2) is 18.2 Å². The standard InChI is InChI=1S/C12H17ClFNO2/c1-17-5-4-15-8-10(16)6-9-2-3-11(13)12(14)7-9/h2-3,7,10,15-16H,4-6,8H2,1H3. The Balaban J connectivity index is 2.34. The van der Waals surface area contributed by atoms with Crippen LogP contribution >= 0.6 is 11.6 Å². The van der Waals surface area contributed by atoms with Crippen molar-refractivity contribution in [2.75, 3.05) is 26.8 Å². The Morgan fingerprint density at radius 2 is 2.29 bits per heavy atom. The summed E-state index contributed by atoms with van der Waals surface area (Å²) in [6.07, 6.45) is -0.152. The summed E-state index contributed by atoms with van der Waals surface area (Å²) in [6, 6.07) is 4.56. The SMILES string of the molecule is COCCNCC(O)Cc1ccc(Cl)c(F)c1.